The van der Waals surface area contributed by atoms with E-state index in [9.17, 15) is 23.3 Å². The van der Waals surface area contributed by atoms with E-state index in [4.69, 9.17) is 23.2 Å². The Hall–Kier alpha value is -3.14. The quantitative estimate of drug-likeness (QED) is 0.322. The molecule has 0 unspecified atom stereocenters. The van der Waals surface area contributed by atoms with Gasteiger partial charge in [-0.3, -0.25) is 19.6 Å². The number of nitro groups is 1. The van der Waals surface area contributed by atoms with Crippen molar-refractivity contribution in [2.24, 2.45) is 0 Å². The first-order chi connectivity index (χ1) is 15.1. The van der Waals surface area contributed by atoms with Crippen LogP contribution in [-0.4, -0.2) is 25.7 Å². The number of hydrogen-bond donors (Lipinski definition) is 2. The van der Waals surface area contributed by atoms with Crippen molar-refractivity contribution in [1.29, 1.82) is 0 Å². The summed E-state index contributed by atoms with van der Waals surface area (Å²) >= 11 is 11.8. The van der Waals surface area contributed by atoms with Crippen LogP contribution in [0.25, 0.3) is 0 Å². The largest absolute Gasteiger partial charge is 0.378 e. The molecule has 11 heteroatoms. The summed E-state index contributed by atoms with van der Waals surface area (Å²) in [6.45, 7) is -0.0175. The van der Waals surface area contributed by atoms with Crippen LogP contribution in [0.5, 0.6) is 0 Å². The van der Waals surface area contributed by atoms with Gasteiger partial charge in [0.05, 0.1) is 32.1 Å². The lowest BCUT2D eigenvalue weighted by Gasteiger charge is -2.10. The fraction of sp³-hybridized carbons (Fsp3) is 0.0952. The molecule has 0 aromatic heterocycles. The summed E-state index contributed by atoms with van der Waals surface area (Å²) < 4.78 is 27.8. The van der Waals surface area contributed by atoms with E-state index >= 15 is 0 Å². The van der Waals surface area contributed by atoms with Gasteiger partial charge in [0.1, 0.15) is 0 Å². The van der Waals surface area contributed by atoms with Gasteiger partial charge in [0.25, 0.3) is 15.7 Å². The highest BCUT2D eigenvalue weighted by molar-refractivity contribution is 7.92. The lowest BCUT2D eigenvalue weighted by molar-refractivity contribution is -0.384. The maximum atomic E-state index is 12.7. The van der Waals surface area contributed by atoms with Gasteiger partial charge in [0, 0.05) is 24.2 Å². The first-order valence-electron chi connectivity index (χ1n) is 9.21. The second-order valence-corrected chi connectivity index (χ2v) is 9.25. The zero-order chi connectivity index (χ0) is 23.3. The Morgan fingerprint density at radius 1 is 0.938 bits per heavy atom. The van der Waals surface area contributed by atoms with E-state index in [1.54, 1.807) is 12.1 Å². The molecule has 2 N–H and O–H groups in total. The minimum absolute atomic E-state index is 0.00259. The monoisotopic (exact) mass is 493 g/mol. The Morgan fingerprint density at radius 2 is 1.62 bits per heavy atom. The molecule has 0 fully saturated rings. The highest BCUT2D eigenvalue weighted by Crippen LogP contribution is 2.26. The van der Waals surface area contributed by atoms with Gasteiger partial charge >= 0.3 is 0 Å². The van der Waals surface area contributed by atoms with E-state index in [0.29, 0.717) is 16.3 Å². The predicted octanol–water partition coefficient (Wildman–Crippen LogP) is 4.93. The maximum absolute atomic E-state index is 12.7. The Morgan fingerprint density at radius 3 is 2.28 bits per heavy atom. The lowest BCUT2D eigenvalue weighted by atomic mass is 10.1. The average molecular weight is 494 g/mol. The minimum atomic E-state index is -3.90. The summed E-state index contributed by atoms with van der Waals surface area (Å²) in [5.41, 5.74) is 1.30. The summed E-state index contributed by atoms with van der Waals surface area (Å²) in [6.07, 6.45) is 0.0100. The summed E-state index contributed by atoms with van der Waals surface area (Å²) in [5, 5.41) is 14.1. The molecule has 0 atom stereocenters. The number of anilines is 2. The molecule has 3 aromatic carbocycles. The van der Waals surface area contributed by atoms with Crippen LogP contribution < -0.4 is 10.0 Å². The van der Waals surface area contributed by atoms with E-state index in [2.05, 4.69) is 10.0 Å². The number of hydrogen-bond acceptors (Lipinski definition) is 6. The predicted molar refractivity (Wildman–Crippen MR) is 124 cm³/mol. The van der Waals surface area contributed by atoms with Crippen molar-refractivity contribution < 1.29 is 18.1 Å². The molecule has 0 aliphatic heterocycles. The van der Waals surface area contributed by atoms with E-state index in [1.807, 2.05) is 0 Å². The number of carbonyl (C=O) groups is 1. The normalized spacial score (nSPS) is 11.1. The van der Waals surface area contributed by atoms with Gasteiger partial charge in [-0.05, 0) is 48.0 Å². The van der Waals surface area contributed by atoms with Gasteiger partial charge in [-0.25, -0.2) is 8.42 Å². The third-order valence-corrected chi connectivity index (χ3v) is 6.47. The second kappa shape index (κ2) is 9.99. The first-order valence-corrected chi connectivity index (χ1v) is 11.4. The van der Waals surface area contributed by atoms with Crippen molar-refractivity contribution in [1.82, 2.24) is 0 Å². The van der Waals surface area contributed by atoms with Gasteiger partial charge in [-0.2, -0.15) is 0 Å². The molecule has 166 valence electrons. The van der Waals surface area contributed by atoms with Gasteiger partial charge < -0.3 is 5.32 Å². The SMILES string of the molecule is O=C(CNc1ccc([N+](=O)[O-])cc1)Cc1cccc(S(=O)(=O)Nc2ccc(Cl)c(Cl)c2)c1. The van der Waals surface area contributed by atoms with E-state index in [-0.39, 0.29) is 40.0 Å². The highest BCUT2D eigenvalue weighted by Gasteiger charge is 2.16. The zero-order valence-corrected chi connectivity index (χ0v) is 18.7. The van der Waals surface area contributed by atoms with Crippen molar-refractivity contribution in [2.75, 3.05) is 16.6 Å². The van der Waals surface area contributed by atoms with Crippen LogP contribution in [0.3, 0.4) is 0 Å². The molecule has 0 spiro atoms. The van der Waals surface area contributed by atoms with Crippen LogP contribution in [-0.2, 0) is 21.2 Å². The molecule has 0 aliphatic rings. The molecular weight excluding hydrogens is 477 g/mol. The fourth-order valence-corrected chi connectivity index (χ4v) is 4.21. The average Bonchev–Trinajstić information content (AvgIpc) is 2.75. The van der Waals surface area contributed by atoms with E-state index in [1.165, 1.54) is 54.6 Å². The van der Waals surface area contributed by atoms with Crippen LogP contribution in [0, 0.1) is 10.1 Å². The van der Waals surface area contributed by atoms with Gasteiger partial charge in [0.15, 0.2) is 5.78 Å². The Bertz CT molecular complexity index is 1260. The standard InChI is InChI=1S/C21H17Cl2N3O5S/c22-20-9-6-16(12-21(20)23)25-32(30,31)19-3-1-2-14(11-19)10-18(27)13-24-15-4-7-17(8-5-15)26(28)29/h1-9,11-12,24-25H,10,13H2. The van der Waals surface area contributed by atoms with Crippen molar-refractivity contribution in [3.63, 3.8) is 0 Å². The Kier molecular flexibility index (Phi) is 7.34. The molecule has 0 amide bonds. The molecule has 0 radical (unpaired) electrons. The number of ketones is 1. The third-order valence-electron chi connectivity index (χ3n) is 4.35. The second-order valence-electron chi connectivity index (χ2n) is 6.75. The summed E-state index contributed by atoms with van der Waals surface area (Å²) in [4.78, 5) is 22.5. The van der Waals surface area contributed by atoms with Crippen LogP contribution in [0.4, 0.5) is 17.1 Å². The number of nitro benzene ring substituents is 1. The number of carbonyl (C=O) groups excluding carboxylic acids is 1. The van der Waals surface area contributed by atoms with Crippen LogP contribution in [0.15, 0.2) is 71.6 Å². The molecule has 0 heterocycles. The van der Waals surface area contributed by atoms with E-state index < -0.39 is 14.9 Å². The van der Waals surface area contributed by atoms with Gasteiger partial charge in [0.2, 0.25) is 0 Å². The van der Waals surface area contributed by atoms with Crippen molar-refractivity contribution >= 4 is 56.1 Å². The molecule has 0 saturated carbocycles. The molecular formula is C21H17Cl2N3O5S. The zero-order valence-electron chi connectivity index (χ0n) is 16.4. The molecule has 3 aromatic rings. The molecule has 0 aliphatic carbocycles. The first kappa shape index (κ1) is 23.5. The fourth-order valence-electron chi connectivity index (χ4n) is 2.79. The number of sulfonamides is 1. The summed E-state index contributed by atoms with van der Waals surface area (Å²) in [7, 11) is -3.90. The van der Waals surface area contributed by atoms with Gasteiger partial charge in [-0.15, -0.1) is 0 Å². The molecule has 0 bridgehead atoms. The maximum Gasteiger partial charge on any atom is 0.269 e. The topological polar surface area (TPSA) is 118 Å². The van der Waals surface area contributed by atoms with Crippen LogP contribution in [0.2, 0.25) is 10.0 Å². The van der Waals surface area contributed by atoms with E-state index in [0.717, 1.165) is 0 Å². The molecule has 0 saturated heterocycles. The molecule has 32 heavy (non-hydrogen) atoms. The van der Waals surface area contributed by atoms with Crippen LogP contribution in [0.1, 0.15) is 5.56 Å². The smallest absolute Gasteiger partial charge is 0.269 e. The number of Topliss-reactive ketones (excluding diaryl/α,β-unsaturated/α-hetero) is 1. The van der Waals surface area contributed by atoms with Crippen molar-refractivity contribution in [2.45, 2.75) is 11.3 Å². The van der Waals surface area contributed by atoms with Crippen molar-refractivity contribution in [3.05, 3.63) is 92.5 Å². The third kappa shape index (κ3) is 6.19. The minimum Gasteiger partial charge on any atom is -0.378 e. The number of nitrogens with one attached hydrogen (secondary N) is 2. The number of benzene rings is 3. The number of halogens is 2. The number of nitrogens with zero attached hydrogens (tertiary/aromatic N) is 1. The molecule has 8 nitrogen and oxygen atoms in total. The highest BCUT2D eigenvalue weighted by atomic mass is 35.5. The van der Waals surface area contributed by atoms with Crippen LogP contribution >= 0.6 is 23.2 Å². The van der Waals surface area contributed by atoms with Gasteiger partial charge in [-0.1, -0.05) is 35.3 Å². The lowest BCUT2D eigenvalue weighted by Crippen LogP contribution is -2.17. The van der Waals surface area contributed by atoms with Crippen molar-refractivity contribution in [3.8, 4) is 0 Å². The summed E-state index contributed by atoms with van der Waals surface area (Å²) in [5.74, 6) is -0.185. The number of rotatable bonds is 9. The Labute approximate surface area is 194 Å². The Balaban J connectivity index is 1.63. The molecule has 3 rings (SSSR count). The number of non-ortho nitro benzene ring substituents is 1. The summed E-state index contributed by atoms with van der Waals surface area (Å²) in [6, 6.07) is 16.1.